The monoisotopic (exact) mass is 393 g/mol. The molecule has 6 nitrogen and oxygen atoms in total. The number of benzene rings is 2. The van der Waals surface area contributed by atoms with Crippen LogP contribution >= 0.6 is 0 Å². The molecule has 0 aliphatic rings. The molecule has 1 amide bonds. The SMILES string of the molecule is CCOCCOCc1cccc(CNC(=O)c2ccc(-n3nccc3C)cc2)c1. The number of aromatic nitrogens is 2. The molecule has 3 rings (SSSR count). The number of aryl methyl sites for hydroxylation is 1. The maximum Gasteiger partial charge on any atom is 0.251 e. The average Bonchev–Trinajstić information content (AvgIpc) is 3.18. The van der Waals surface area contributed by atoms with E-state index in [-0.39, 0.29) is 5.91 Å². The first-order valence-corrected chi connectivity index (χ1v) is 9.80. The van der Waals surface area contributed by atoms with E-state index in [0.29, 0.717) is 38.5 Å². The smallest absolute Gasteiger partial charge is 0.251 e. The van der Waals surface area contributed by atoms with Crippen molar-refractivity contribution in [2.24, 2.45) is 0 Å². The number of rotatable bonds is 10. The van der Waals surface area contributed by atoms with Gasteiger partial charge in [0, 0.05) is 30.6 Å². The zero-order valence-electron chi connectivity index (χ0n) is 16.9. The first-order valence-electron chi connectivity index (χ1n) is 9.80. The molecule has 0 bridgehead atoms. The molecule has 1 N–H and O–H groups in total. The summed E-state index contributed by atoms with van der Waals surface area (Å²) in [5, 5.41) is 7.25. The van der Waals surface area contributed by atoms with Crippen LogP contribution < -0.4 is 5.32 Å². The van der Waals surface area contributed by atoms with Crippen LogP contribution in [0.4, 0.5) is 0 Å². The van der Waals surface area contributed by atoms with Gasteiger partial charge in [0.15, 0.2) is 0 Å². The number of nitrogens with one attached hydrogen (secondary N) is 1. The summed E-state index contributed by atoms with van der Waals surface area (Å²) < 4.78 is 12.7. The van der Waals surface area contributed by atoms with Gasteiger partial charge in [-0.2, -0.15) is 5.10 Å². The van der Waals surface area contributed by atoms with Gasteiger partial charge in [-0.15, -0.1) is 0 Å². The summed E-state index contributed by atoms with van der Waals surface area (Å²) in [6.07, 6.45) is 1.76. The fourth-order valence-electron chi connectivity index (χ4n) is 2.96. The zero-order valence-corrected chi connectivity index (χ0v) is 16.9. The molecule has 0 atom stereocenters. The third-order valence-electron chi connectivity index (χ3n) is 4.50. The maximum absolute atomic E-state index is 12.5. The fourth-order valence-corrected chi connectivity index (χ4v) is 2.96. The van der Waals surface area contributed by atoms with E-state index in [1.54, 1.807) is 6.20 Å². The van der Waals surface area contributed by atoms with Gasteiger partial charge in [-0.3, -0.25) is 4.79 Å². The third-order valence-corrected chi connectivity index (χ3v) is 4.50. The normalized spacial score (nSPS) is 10.8. The van der Waals surface area contributed by atoms with Crippen molar-refractivity contribution in [1.82, 2.24) is 15.1 Å². The molecule has 0 radical (unpaired) electrons. The number of amides is 1. The fraction of sp³-hybridized carbons (Fsp3) is 0.304. The second kappa shape index (κ2) is 10.5. The molecule has 29 heavy (non-hydrogen) atoms. The molecular weight excluding hydrogens is 366 g/mol. The summed E-state index contributed by atoms with van der Waals surface area (Å²) in [5.41, 5.74) is 4.71. The quantitative estimate of drug-likeness (QED) is 0.534. The van der Waals surface area contributed by atoms with Crippen LogP contribution in [0.3, 0.4) is 0 Å². The van der Waals surface area contributed by atoms with Gasteiger partial charge in [0.05, 0.1) is 25.5 Å². The van der Waals surface area contributed by atoms with Crippen LogP contribution in [-0.4, -0.2) is 35.5 Å². The van der Waals surface area contributed by atoms with Crippen LogP contribution in [0.25, 0.3) is 5.69 Å². The largest absolute Gasteiger partial charge is 0.379 e. The molecule has 2 aromatic carbocycles. The molecular formula is C23H27N3O3. The Hall–Kier alpha value is -2.96. The third kappa shape index (κ3) is 6.01. The van der Waals surface area contributed by atoms with E-state index in [2.05, 4.69) is 10.4 Å². The highest BCUT2D eigenvalue weighted by Crippen LogP contribution is 2.12. The highest BCUT2D eigenvalue weighted by molar-refractivity contribution is 5.94. The van der Waals surface area contributed by atoms with E-state index >= 15 is 0 Å². The van der Waals surface area contributed by atoms with Gasteiger partial charge in [0.2, 0.25) is 0 Å². The second-order valence-corrected chi connectivity index (χ2v) is 6.68. The Kier molecular flexibility index (Phi) is 7.55. The molecule has 0 aliphatic carbocycles. The molecule has 0 fully saturated rings. The summed E-state index contributed by atoms with van der Waals surface area (Å²) in [6, 6.07) is 17.4. The number of carbonyl (C=O) groups is 1. The molecule has 6 heteroatoms. The summed E-state index contributed by atoms with van der Waals surface area (Å²) in [6.45, 7) is 6.82. The van der Waals surface area contributed by atoms with Gasteiger partial charge in [-0.25, -0.2) is 4.68 Å². The number of hydrogen-bond donors (Lipinski definition) is 1. The molecule has 0 saturated heterocycles. The van der Waals surface area contributed by atoms with Crippen molar-refractivity contribution >= 4 is 5.91 Å². The van der Waals surface area contributed by atoms with Crippen LogP contribution in [-0.2, 0) is 22.6 Å². The van der Waals surface area contributed by atoms with E-state index in [1.807, 2.05) is 73.1 Å². The summed E-state index contributed by atoms with van der Waals surface area (Å²) in [5.74, 6) is -0.105. The Morgan fingerprint density at radius 3 is 2.52 bits per heavy atom. The number of ether oxygens (including phenoxy) is 2. The Morgan fingerprint density at radius 2 is 1.79 bits per heavy atom. The Balaban J connectivity index is 1.51. The van der Waals surface area contributed by atoms with Crippen LogP contribution in [0.15, 0.2) is 60.8 Å². The molecule has 0 saturated carbocycles. The minimum atomic E-state index is -0.105. The highest BCUT2D eigenvalue weighted by atomic mass is 16.5. The van der Waals surface area contributed by atoms with Crippen molar-refractivity contribution in [1.29, 1.82) is 0 Å². The summed E-state index contributed by atoms with van der Waals surface area (Å²) in [7, 11) is 0. The molecule has 1 aromatic heterocycles. The van der Waals surface area contributed by atoms with Crippen LogP contribution in [0.2, 0.25) is 0 Å². The molecule has 1 heterocycles. The van der Waals surface area contributed by atoms with Crippen molar-refractivity contribution in [2.75, 3.05) is 19.8 Å². The lowest BCUT2D eigenvalue weighted by Gasteiger charge is -2.09. The van der Waals surface area contributed by atoms with Gasteiger partial charge in [-0.1, -0.05) is 24.3 Å². The minimum Gasteiger partial charge on any atom is -0.379 e. The van der Waals surface area contributed by atoms with E-state index in [0.717, 1.165) is 22.5 Å². The lowest BCUT2D eigenvalue weighted by molar-refractivity contribution is 0.0453. The molecule has 3 aromatic rings. The molecule has 0 aliphatic heterocycles. The molecule has 0 unspecified atom stereocenters. The first kappa shape index (κ1) is 20.8. The van der Waals surface area contributed by atoms with Crippen molar-refractivity contribution < 1.29 is 14.3 Å². The first-order chi connectivity index (χ1) is 14.2. The zero-order chi connectivity index (χ0) is 20.5. The van der Waals surface area contributed by atoms with E-state index in [9.17, 15) is 4.79 Å². The van der Waals surface area contributed by atoms with E-state index in [4.69, 9.17) is 9.47 Å². The van der Waals surface area contributed by atoms with Crippen LogP contribution in [0.1, 0.15) is 34.1 Å². The lowest BCUT2D eigenvalue weighted by atomic mass is 10.1. The number of carbonyl (C=O) groups excluding carboxylic acids is 1. The standard InChI is InChI=1S/C23H27N3O3/c1-3-28-13-14-29-17-20-6-4-5-19(15-20)16-24-23(27)21-7-9-22(10-8-21)26-18(2)11-12-25-26/h4-12,15H,3,13-14,16-17H2,1-2H3,(H,24,27). The summed E-state index contributed by atoms with van der Waals surface area (Å²) in [4.78, 5) is 12.5. The van der Waals surface area contributed by atoms with Crippen molar-refractivity contribution in [3.05, 3.63) is 83.2 Å². The van der Waals surface area contributed by atoms with Gasteiger partial charge >= 0.3 is 0 Å². The van der Waals surface area contributed by atoms with Crippen molar-refractivity contribution in [3.63, 3.8) is 0 Å². The maximum atomic E-state index is 12.5. The number of hydrogen-bond acceptors (Lipinski definition) is 4. The Bertz CT molecular complexity index is 919. The Labute approximate surface area is 171 Å². The topological polar surface area (TPSA) is 65.4 Å². The molecule has 0 spiro atoms. The van der Waals surface area contributed by atoms with E-state index < -0.39 is 0 Å². The van der Waals surface area contributed by atoms with E-state index in [1.165, 1.54) is 0 Å². The van der Waals surface area contributed by atoms with Gasteiger partial charge in [0.1, 0.15) is 0 Å². The highest BCUT2D eigenvalue weighted by Gasteiger charge is 2.07. The summed E-state index contributed by atoms with van der Waals surface area (Å²) >= 11 is 0. The predicted molar refractivity (Wildman–Crippen MR) is 112 cm³/mol. The van der Waals surface area contributed by atoms with Crippen LogP contribution in [0, 0.1) is 6.92 Å². The van der Waals surface area contributed by atoms with Crippen molar-refractivity contribution in [2.45, 2.75) is 27.0 Å². The van der Waals surface area contributed by atoms with Gasteiger partial charge in [0.25, 0.3) is 5.91 Å². The van der Waals surface area contributed by atoms with Gasteiger partial charge < -0.3 is 14.8 Å². The second-order valence-electron chi connectivity index (χ2n) is 6.68. The predicted octanol–water partition coefficient (Wildman–Crippen LogP) is 3.66. The Morgan fingerprint density at radius 1 is 1.03 bits per heavy atom. The van der Waals surface area contributed by atoms with Gasteiger partial charge in [-0.05, 0) is 55.3 Å². The lowest BCUT2D eigenvalue weighted by Crippen LogP contribution is -2.22. The van der Waals surface area contributed by atoms with Crippen molar-refractivity contribution in [3.8, 4) is 5.69 Å². The average molecular weight is 393 g/mol. The molecule has 152 valence electrons. The van der Waals surface area contributed by atoms with Crippen LogP contribution in [0.5, 0.6) is 0 Å². The number of nitrogens with zero attached hydrogens (tertiary/aromatic N) is 2. The minimum absolute atomic E-state index is 0.105.